The van der Waals surface area contributed by atoms with E-state index in [0.717, 1.165) is 0 Å². The number of amides is 1. The molecule has 1 aromatic heterocycles. The van der Waals surface area contributed by atoms with Crippen molar-refractivity contribution in [2.24, 2.45) is 0 Å². The van der Waals surface area contributed by atoms with Crippen LogP contribution in [0.15, 0.2) is 42.6 Å². The lowest BCUT2D eigenvalue weighted by Crippen LogP contribution is -2.37. The van der Waals surface area contributed by atoms with Gasteiger partial charge in [0, 0.05) is 30.5 Å². The minimum atomic E-state index is -3.06. The second kappa shape index (κ2) is 6.79. The summed E-state index contributed by atoms with van der Waals surface area (Å²) in [7, 11) is -1.45. The minimum Gasteiger partial charge on any atom is -0.340 e. The number of hydrogen-bond donors (Lipinski definition) is 1. The number of nitrogens with one attached hydrogen (secondary N) is 1. The van der Waals surface area contributed by atoms with Crippen molar-refractivity contribution in [1.29, 1.82) is 0 Å². The summed E-state index contributed by atoms with van der Waals surface area (Å²) in [4.78, 5) is 18.2. The van der Waals surface area contributed by atoms with Crippen molar-refractivity contribution in [3.8, 4) is 0 Å². The Morgan fingerprint density at radius 2 is 2.00 bits per heavy atom. The molecule has 1 amide bonds. The Bertz CT molecular complexity index is 884. The van der Waals surface area contributed by atoms with E-state index in [9.17, 15) is 17.6 Å². The molecule has 0 radical (unpaired) electrons. The van der Waals surface area contributed by atoms with E-state index in [-0.39, 0.29) is 29.3 Å². The molecule has 8 heteroatoms. The quantitative estimate of drug-likeness (QED) is 0.901. The molecular formula is C17H18FN3O3S. The molecule has 2 aromatic rings. The van der Waals surface area contributed by atoms with Crippen molar-refractivity contribution in [3.63, 3.8) is 0 Å². The molecule has 0 saturated carbocycles. The predicted octanol–water partition coefficient (Wildman–Crippen LogP) is 2.22. The number of hydrogen-bond acceptors (Lipinski definition) is 5. The summed E-state index contributed by atoms with van der Waals surface area (Å²) >= 11 is 0. The van der Waals surface area contributed by atoms with Crippen molar-refractivity contribution in [3.05, 3.63) is 54.0 Å². The third kappa shape index (κ3) is 4.14. The third-order valence-electron chi connectivity index (χ3n) is 4.20. The smallest absolute Gasteiger partial charge is 0.254 e. The maximum Gasteiger partial charge on any atom is 0.254 e. The number of halogens is 1. The summed E-state index contributed by atoms with van der Waals surface area (Å²) in [5, 5.41) is 3.00. The summed E-state index contributed by atoms with van der Waals surface area (Å²) in [5.74, 6) is -0.0311. The Hall–Kier alpha value is -2.48. The molecule has 1 atom stereocenters. The molecule has 1 N–H and O–H groups in total. The highest BCUT2D eigenvalue weighted by Crippen LogP contribution is 2.20. The van der Waals surface area contributed by atoms with Crippen molar-refractivity contribution in [1.82, 2.24) is 9.88 Å². The summed E-state index contributed by atoms with van der Waals surface area (Å²) in [6.07, 6.45) is 1.95. The van der Waals surface area contributed by atoms with E-state index < -0.39 is 9.84 Å². The summed E-state index contributed by atoms with van der Waals surface area (Å²) in [6.45, 7) is 0. The van der Waals surface area contributed by atoms with Crippen LogP contribution in [-0.2, 0) is 9.84 Å². The normalized spacial score (nSPS) is 18.7. The van der Waals surface area contributed by atoms with E-state index >= 15 is 0 Å². The lowest BCUT2D eigenvalue weighted by Gasteiger charge is -2.23. The Kier molecular flexibility index (Phi) is 4.71. The van der Waals surface area contributed by atoms with Gasteiger partial charge in [-0.25, -0.2) is 17.8 Å². The lowest BCUT2D eigenvalue weighted by atomic mass is 10.1. The third-order valence-corrected chi connectivity index (χ3v) is 5.95. The van der Waals surface area contributed by atoms with E-state index in [0.29, 0.717) is 23.5 Å². The molecule has 132 valence electrons. The molecule has 3 rings (SSSR count). The number of pyridine rings is 1. The standard InChI is InChI=1S/C17H18FN3O3S/c1-21(15-7-9-25(23,24)11-15)17(22)12-6-8-19-16(10-12)20-14-4-2-13(18)3-5-14/h2-6,8,10,15H,7,9,11H2,1H3,(H,19,20). The molecule has 1 aliphatic rings. The van der Waals surface area contributed by atoms with Crippen LogP contribution in [0, 0.1) is 5.82 Å². The number of rotatable bonds is 4. The van der Waals surface area contributed by atoms with Gasteiger partial charge in [0.15, 0.2) is 9.84 Å². The highest BCUT2D eigenvalue weighted by molar-refractivity contribution is 7.91. The fraction of sp³-hybridized carbons (Fsp3) is 0.294. The topological polar surface area (TPSA) is 79.4 Å². The Balaban J connectivity index is 1.74. The molecule has 1 fully saturated rings. The molecule has 0 aliphatic carbocycles. The van der Waals surface area contributed by atoms with Gasteiger partial charge in [-0.1, -0.05) is 0 Å². The Morgan fingerprint density at radius 1 is 1.28 bits per heavy atom. The van der Waals surface area contributed by atoms with Crippen LogP contribution in [0.3, 0.4) is 0 Å². The van der Waals surface area contributed by atoms with Crippen LogP contribution in [0.25, 0.3) is 0 Å². The summed E-state index contributed by atoms with van der Waals surface area (Å²) in [6, 6.07) is 8.66. The van der Waals surface area contributed by atoms with Crippen LogP contribution in [-0.4, -0.2) is 48.8 Å². The molecule has 2 heterocycles. The molecule has 1 aromatic carbocycles. The first-order valence-corrected chi connectivity index (χ1v) is 9.62. The maximum atomic E-state index is 13.0. The molecule has 1 aliphatic heterocycles. The van der Waals surface area contributed by atoms with Crippen molar-refractivity contribution >= 4 is 27.2 Å². The van der Waals surface area contributed by atoms with Crippen molar-refractivity contribution in [2.75, 3.05) is 23.9 Å². The minimum absolute atomic E-state index is 0.00100. The van der Waals surface area contributed by atoms with Gasteiger partial charge in [-0.05, 0) is 42.8 Å². The average Bonchev–Trinajstić information content (AvgIpc) is 2.96. The number of sulfone groups is 1. The van der Waals surface area contributed by atoms with Gasteiger partial charge < -0.3 is 10.2 Å². The van der Waals surface area contributed by atoms with E-state index in [4.69, 9.17) is 0 Å². The molecule has 1 unspecified atom stereocenters. The van der Waals surface area contributed by atoms with Gasteiger partial charge in [0.25, 0.3) is 5.91 Å². The first-order chi connectivity index (χ1) is 11.8. The second-order valence-electron chi connectivity index (χ2n) is 6.03. The van der Waals surface area contributed by atoms with Gasteiger partial charge in [-0.15, -0.1) is 0 Å². The first kappa shape index (κ1) is 17.3. The molecular weight excluding hydrogens is 345 g/mol. The molecule has 6 nitrogen and oxygen atoms in total. The number of carbonyl (C=O) groups excluding carboxylic acids is 1. The van der Waals surface area contributed by atoms with Crippen LogP contribution < -0.4 is 5.32 Å². The van der Waals surface area contributed by atoms with Crippen LogP contribution in [0.5, 0.6) is 0 Å². The van der Waals surface area contributed by atoms with Gasteiger partial charge >= 0.3 is 0 Å². The van der Waals surface area contributed by atoms with Gasteiger partial charge in [0.1, 0.15) is 11.6 Å². The van der Waals surface area contributed by atoms with E-state index in [1.807, 2.05) is 0 Å². The molecule has 0 spiro atoms. The zero-order valence-electron chi connectivity index (χ0n) is 13.6. The highest BCUT2D eigenvalue weighted by Gasteiger charge is 2.33. The zero-order valence-corrected chi connectivity index (χ0v) is 14.5. The second-order valence-corrected chi connectivity index (χ2v) is 8.26. The van der Waals surface area contributed by atoms with Gasteiger partial charge in [0.05, 0.1) is 11.5 Å². The van der Waals surface area contributed by atoms with Crippen LogP contribution >= 0.6 is 0 Å². The van der Waals surface area contributed by atoms with Crippen molar-refractivity contribution < 1.29 is 17.6 Å². The highest BCUT2D eigenvalue weighted by atomic mass is 32.2. The van der Waals surface area contributed by atoms with E-state index in [1.165, 1.54) is 23.2 Å². The van der Waals surface area contributed by atoms with Gasteiger partial charge in [-0.2, -0.15) is 0 Å². The number of anilines is 2. The van der Waals surface area contributed by atoms with Crippen LogP contribution in [0.2, 0.25) is 0 Å². The number of nitrogens with zero attached hydrogens (tertiary/aromatic N) is 2. The Labute approximate surface area is 145 Å². The number of carbonyl (C=O) groups is 1. The van der Waals surface area contributed by atoms with E-state index in [2.05, 4.69) is 10.3 Å². The summed E-state index contributed by atoms with van der Waals surface area (Å²) < 4.78 is 36.2. The Morgan fingerprint density at radius 3 is 2.64 bits per heavy atom. The summed E-state index contributed by atoms with van der Waals surface area (Å²) in [5.41, 5.74) is 1.06. The maximum absolute atomic E-state index is 13.0. The van der Waals surface area contributed by atoms with Gasteiger partial charge in [0.2, 0.25) is 0 Å². The van der Waals surface area contributed by atoms with Crippen LogP contribution in [0.4, 0.5) is 15.9 Å². The predicted molar refractivity (Wildman–Crippen MR) is 93.1 cm³/mol. The SMILES string of the molecule is CN(C(=O)c1ccnc(Nc2ccc(F)cc2)c1)C1CCS(=O)(=O)C1. The fourth-order valence-electron chi connectivity index (χ4n) is 2.76. The fourth-order valence-corrected chi connectivity index (χ4v) is 4.54. The lowest BCUT2D eigenvalue weighted by molar-refractivity contribution is 0.0747. The molecule has 25 heavy (non-hydrogen) atoms. The molecule has 1 saturated heterocycles. The average molecular weight is 363 g/mol. The monoisotopic (exact) mass is 363 g/mol. The largest absolute Gasteiger partial charge is 0.340 e. The number of benzene rings is 1. The molecule has 0 bridgehead atoms. The zero-order chi connectivity index (χ0) is 18.0. The number of aromatic nitrogens is 1. The van der Waals surface area contributed by atoms with Gasteiger partial charge in [-0.3, -0.25) is 4.79 Å². The van der Waals surface area contributed by atoms with Crippen molar-refractivity contribution in [2.45, 2.75) is 12.5 Å². The first-order valence-electron chi connectivity index (χ1n) is 7.80. The van der Waals surface area contributed by atoms with E-state index in [1.54, 1.807) is 31.3 Å². The van der Waals surface area contributed by atoms with Crippen LogP contribution in [0.1, 0.15) is 16.8 Å².